The van der Waals surface area contributed by atoms with Gasteiger partial charge in [0.25, 0.3) is 5.69 Å². The third-order valence-corrected chi connectivity index (χ3v) is 2.73. The lowest BCUT2D eigenvalue weighted by Gasteiger charge is -2.13. The summed E-state index contributed by atoms with van der Waals surface area (Å²) in [5, 5.41) is 24.3. The largest absolute Gasteiger partial charge is 0.490 e. The van der Waals surface area contributed by atoms with E-state index < -0.39 is 16.9 Å². The molecule has 132 valence electrons. The average molecular weight is 341 g/mol. The van der Waals surface area contributed by atoms with Crippen LogP contribution < -0.4 is 20.1 Å². The normalized spacial score (nSPS) is 9.92. The van der Waals surface area contributed by atoms with Crippen LogP contribution in [0.2, 0.25) is 0 Å². The maximum Gasteiger partial charge on any atom is 0.319 e. The van der Waals surface area contributed by atoms with Crippen molar-refractivity contribution in [3.05, 3.63) is 22.2 Å². The van der Waals surface area contributed by atoms with E-state index in [1.165, 1.54) is 12.1 Å². The standard InChI is InChI=1S/C14H19N3O7/c1-3-23-11-7-9(16-14(20)15-6-5-13(18)19)10(17(21)22)8-12(11)24-4-2/h7-8H,3-6H2,1-2H3,(H,18,19)(H2,15,16,20). The molecule has 10 nitrogen and oxygen atoms in total. The molecule has 0 aliphatic rings. The van der Waals surface area contributed by atoms with Crippen molar-refractivity contribution in [2.75, 3.05) is 25.1 Å². The molecule has 0 atom stereocenters. The summed E-state index contributed by atoms with van der Waals surface area (Å²) in [5.41, 5.74) is -0.449. The minimum absolute atomic E-state index is 0.0836. The van der Waals surface area contributed by atoms with Crippen molar-refractivity contribution < 1.29 is 29.1 Å². The zero-order valence-electron chi connectivity index (χ0n) is 13.3. The number of urea groups is 1. The number of benzene rings is 1. The van der Waals surface area contributed by atoms with Gasteiger partial charge in [-0.25, -0.2) is 4.79 Å². The SMILES string of the molecule is CCOc1cc(NC(=O)NCCC(=O)O)c([N+](=O)[O-])cc1OCC. The molecular weight excluding hydrogens is 322 g/mol. The first kappa shape index (κ1) is 19.0. The third kappa shape index (κ3) is 5.63. The highest BCUT2D eigenvalue weighted by molar-refractivity contribution is 5.92. The molecule has 0 saturated heterocycles. The number of amides is 2. The highest BCUT2D eigenvalue weighted by Crippen LogP contribution is 2.38. The van der Waals surface area contributed by atoms with E-state index in [1.54, 1.807) is 13.8 Å². The van der Waals surface area contributed by atoms with E-state index in [1.807, 2.05) is 0 Å². The molecule has 3 N–H and O–H groups in total. The summed E-state index contributed by atoms with van der Waals surface area (Å²) in [4.78, 5) is 32.7. The first-order valence-corrected chi connectivity index (χ1v) is 7.23. The smallest absolute Gasteiger partial charge is 0.319 e. The van der Waals surface area contributed by atoms with Crippen LogP contribution >= 0.6 is 0 Å². The zero-order valence-corrected chi connectivity index (χ0v) is 13.3. The Hall–Kier alpha value is -3.04. The van der Waals surface area contributed by atoms with Gasteiger partial charge in [0.05, 0.1) is 30.6 Å². The Morgan fingerprint density at radius 2 is 1.79 bits per heavy atom. The number of hydrogen-bond donors (Lipinski definition) is 3. The van der Waals surface area contributed by atoms with Gasteiger partial charge in [-0.1, -0.05) is 0 Å². The maximum atomic E-state index is 11.7. The van der Waals surface area contributed by atoms with Crippen LogP contribution in [0.15, 0.2) is 12.1 Å². The first-order valence-electron chi connectivity index (χ1n) is 7.23. The van der Waals surface area contributed by atoms with Crippen molar-refractivity contribution in [1.29, 1.82) is 0 Å². The summed E-state index contributed by atoms with van der Waals surface area (Å²) in [5.74, 6) is -0.616. The van der Waals surface area contributed by atoms with Crippen molar-refractivity contribution in [1.82, 2.24) is 5.32 Å². The lowest BCUT2D eigenvalue weighted by atomic mass is 10.2. The quantitative estimate of drug-likeness (QED) is 0.461. The number of anilines is 1. The van der Waals surface area contributed by atoms with Gasteiger partial charge in [0.2, 0.25) is 0 Å². The molecule has 0 aliphatic carbocycles. The Kier molecular flexibility index (Phi) is 7.27. The van der Waals surface area contributed by atoms with Gasteiger partial charge in [0.15, 0.2) is 11.5 Å². The molecule has 0 fully saturated rings. The second kappa shape index (κ2) is 9.18. The van der Waals surface area contributed by atoms with Gasteiger partial charge in [0.1, 0.15) is 5.69 Å². The van der Waals surface area contributed by atoms with Crippen LogP contribution in [0.5, 0.6) is 11.5 Å². The number of ether oxygens (including phenoxy) is 2. The number of hydrogen-bond acceptors (Lipinski definition) is 6. The number of nitro benzene ring substituents is 1. The number of carboxylic acid groups (broad SMARTS) is 1. The molecule has 1 rings (SSSR count). The topological polar surface area (TPSA) is 140 Å². The predicted octanol–water partition coefficient (Wildman–Crippen LogP) is 1.99. The molecule has 1 aromatic carbocycles. The second-order valence-corrected chi connectivity index (χ2v) is 4.46. The monoisotopic (exact) mass is 341 g/mol. The van der Waals surface area contributed by atoms with Crippen molar-refractivity contribution in [3.8, 4) is 11.5 Å². The molecule has 10 heteroatoms. The number of nitro groups is 1. The fraction of sp³-hybridized carbons (Fsp3) is 0.429. The summed E-state index contributed by atoms with van der Waals surface area (Å²) >= 11 is 0. The molecule has 0 aromatic heterocycles. The van der Waals surface area contributed by atoms with Crippen LogP contribution in [0.25, 0.3) is 0 Å². The Bertz CT molecular complexity index is 619. The highest BCUT2D eigenvalue weighted by atomic mass is 16.6. The number of nitrogens with zero attached hydrogens (tertiary/aromatic N) is 1. The lowest BCUT2D eigenvalue weighted by molar-refractivity contribution is -0.384. The van der Waals surface area contributed by atoms with Gasteiger partial charge in [-0.15, -0.1) is 0 Å². The van der Waals surface area contributed by atoms with Gasteiger partial charge in [-0.2, -0.15) is 0 Å². The van der Waals surface area contributed by atoms with E-state index in [-0.39, 0.29) is 35.8 Å². The molecule has 0 aliphatic heterocycles. The maximum absolute atomic E-state index is 11.7. The number of carbonyl (C=O) groups excluding carboxylic acids is 1. The number of nitrogens with one attached hydrogen (secondary N) is 2. The third-order valence-electron chi connectivity index (χ3n) is 2.73. The molecule has 24 heavy (non-hydrogen) atoms. The highest BCUT2D eigenvalue weighted by Gasteiger charge is 2.21. The molecule has 2 amide bonds. The summed E-state index contributed by atoms with van der Waals surface area (Å²) in [6.45, 7) is 3.96. The van der Waals surface area contributed by atoms with Gasteiger partial charge >= 0.3 is 12.0 Å². The van der Waals surface area contributed by atoms with Gasteiger partial charge in [-0.05, 0) is 13.8 Å². The van der Waals surface area contributed by atoms with E-state index in [2.05, 4.69) is 10.6 Å². The van der Waals surface area contributed by atoms with Crippen LogP contribution in [-0.4, -0.2) is 41.8 Å². The van der Waals surface area contributed by atoms with Crippen LogP contribution in [0, 0.1) is 10.1 Å². The molecule has 0 saturated carbocycles. The van der Waals surface area contributed by atoms with Crippen LogP contribution in [0.3, 0.4) is 0 Å². The predicted molar refractivity (Wildman–Crippen MR) is 84.7 cm³/mol. The number of carboxylic acids is 1. The van der Waals surface area contributed by atoms with E-state index in [4.69, 9.17) is 14.6 Å². The Labute approximate surface area is 137 Å². The Morgan fingerprint density at radius 1 is 1.21 bits per heavy atom. The van der Waals surface area contributed by atoms with E-state index in [0.717, 1.165) is 0 Å². The molecule has 0 bridgehead atoms. The van der Waals surface area contributed by atoms with Crippen LogP contribution in [0.1, 0.15) is 20.3 Å². The Balaban J connectivity index is 3.01. The molecular formula is C14H19N3O7. The fourth-order valence-corrected chi connectivity index (χ4v) is 1.79. The van der Waals surface area contributed by atoms with Gasteiger partial charge < -0.3 is 25.2 Å². The van der Waals surface area contributed by atoms with E-state index in [0.29, 0.717) is 13.2 Å². The number of rotatable bonds is 9. The van der Waals surface area contributed by atoms with Crippen molar-refractivity contribution in [2.45, 2.75) is 20.3 Å². The zero-order chi connectivity index (χ0) is 18.1. The van der Waals surface area contributed by atoms with Crippen molar-refractivity contribution in [3.63, 3.8) is 0 Å². The van der Waals surface area contributed by atoms with Crippen LogP contribution in [0.4, 0.5) is 16.2 Å². The van der Waals surface area contributed by atoms with Crippen molar-refractivity contribution >= 4 is 23.4 Å². The average Bonchev–Trinajstić information content (AvgIpc) is 2.49. The summed E-state index contributed by atoms with van der Waals surface area (Å²) < 4.78 is 10.7. The molecule has 0 heterocycles. The first-order chi connectivity index (χ1) is 11.4. The summed E-state index contributed by atoms with van der Waals surface area (Å²) in [7, 11) is 0. The van der Waals surface area contributed by atoms with Crippen LogP contribution in [-0.2, 0) is 4.79 Å². The fourth-order valence-electron chi connectivity index (χ4n) is 1.79. The van der Waals surface area contributed by atoms with Gasteiger partial charge in [0, 0.05) is 12.6 Å². The summed E-state index contributed by atoms with van der Waals surface area (Å²) in [6.07, 6.45) is -0.261. The molecule has 1 aromatic rings. The second-order valence-electron chi connectivity index (χ2n) is 4.46. The van der Waals surface area contributed by atoms with E-state index >= 15 is 0 Å². The minimum Gasteiger partial charge on any atom is -0.490 e. The Morgan fingerprint density at radius 3 is 2.29 bits per heavy atom. The number of carbonyl (C=O) groups is 2. The molecule has 0 radical (unpaired) electrons. The lowest BCUT2D eigenvalue weighted by Crippen LogP contribution is -2.30. The minimum atomic E-state index is -1.07. The van der Waals surface area contributed by atoms with Crippen molar-refractivity contribution in [2.24, 2.45) is 0 Å². The van der Waals surface area contributed by atoms with Gasteiger partial charge in [-0.3, -0.25) is 14.9 Å². The molecule has 0 spiro atoms. The summed E-state index contributed by atoms with van der Waals surface area (Å²) in [6, 6.07) is 1.70. The number of aliphatic carboxylic acids is 1. The van der Waals surface area contributed by atoms with E-state index in [9.17, 15) is 19.7 Å². The molecule has 0 unspecified atom stereocenters.